The predicted molar refractivity (Wildman–Crippen MR) is 190 cm³/mol. The summed E-state index contributed by atoms with van der Waals surface area (Å²) in [5, 5.41) is 19.1. The number of imidazole rings is 1. The van der Waals surface area contributed by atoms with Crippen LogP contribution in [-0.2, 0) is 39.3 Å². The summed E-state index contributed by atoms with van der Waals surface area (Å²) in [7, 11) is 4.14. The van der Waals surface area contributed by atoms with Gasteiger partial charge in [-0.2, -0.15) is 9.48 Å². The average Bonchev–Trinajstić information content (AvgIpc) is 3.64. The van der Waals surface area contributed by atoms with E-state index in [1.54, 1.807) is 0 Å². The number of benzene rings is 2. The van der Waals surface area contributed by atoms with E-state index in [1.165, 1.54) is 103 Å². The molecule has 6 heterocycles. The molecule has 0 fully saturated rings. The van der Waals surface area contributed by atoms with Gasteiger partial charge < -0.3 is 9.80 Å². The lowest BCUT2D eigenvalue weighted by molar-refractivity contribution is -0.760. The quantitative estimate of drug-likeness (QED) is 0.171. The van der Waals surface area contributed by atoms with E-state index in [1.807, 2.05) is 0 Å². The number of nitrogens with one attached hydrogen (secondary N) is 1. The third-order valence-corrected chi connectivity index (χ3v) is 10.9. The summed E-state index contributed by atoms with van der Waals surface area (Å²) in [5.74, 6) is 1.89. The molecule has 1 atom stereocenters. The van der Waals surface area contributed by atoms with Gasteiger partial charge in [0.1, 0.15) is 28.9 Å². The molecule has 48 heavy (non-hydrogen) atoms. The highest BCUT2D eigenvalue weighted by molar-refractivity contribution is 5.70. The highest BCUT2D eigenvalue weighted by Crippen LogP contribution is 2.39. The molecule has 10 heteroatoms. The lowest BCUT2D eigenvalue weighted by atomic mass is 9.91. The van der Waals surface area contributed by atoms with Crippen LogP contribution in [0.3, 0.4) is 0 Å². The van der Waals surface area contributed by atoms with E-state index in [0.717, 1.165) is 74.9 Å². The first-order chi connectivity index (χ1) is 23.6. The van der Waals surface area contributed by atoms with Gasteiger partial charge in [-0.25, -0.2) is 9.13 Å². The number of guanidine groups is 1. The molecule has 0 saturated carbocycles. The minimum atomic E-state index is 0.905. The van der Waals surface area contributed by atoms with Crippen LogP contribution in [-0.4, -0.2) is 54.9 Å². The minimum Gasteiger partial charge on any atom is -0.371 e. The van der Waals surface area contributed by atoms with E-state index < -0.39 is 0 Å². The maximum absolute atomic E-state index is 4.79. The van der Waals surface area contributed by atoms with Crippen LogP contribution in [0.5, 0.6) is 0 Å². The maximum Gasteiger partial charge on any atom is 0.524 e. The summed E-state index contributed by atoms with van der Waals surface area (Å²) in [6, 6.07) is 9.09. The van der Waals surface area contributed by atoms with Crippen molar-refractivity contribution in [2.75, 3.05) is 49.6 Å². The first-order valence-electron chi connectivity index (χ1n) is 18.4. The molecule has 1 unspecified atom stereocenters. The zero-order valence-electron chi connectivity index (χ0n) is 28.9. The van der Waals surface area contributed by atoms with Crippen molar-refractivity contribution < 1.29 is 14.0 Å². The average molecular weight is 648 g/mol. The van der Waals surface area contributed by atoms with Crippen molar-refractivity contribution >= 4 is 34.7 Å². The van der Waals surface area contributed by atoms with Crippen molar-refractivity contribution in [3.63, 3.8) is 0 Å². The van der Waals surface area contributed by atoms with E-state index in [2.05, 4.69) is 86.7 Å². The number of aryl methyl sites for hydroxylation is 6. The minimum absolute atomic E-state index is 0.905. The summed E-state index contributed by atoms with van der Waals surface area (Å²) in [4.78, 5) is 6.44. The van der Waals surface area contributed by atoms with Crippen molar-refractivity contribution in [3.05, 3.63) is 71.3 Å². The largest absolute Gasteiger partial charge is 0.524 e. The molecule has 0 aliphatic carbocycles. The molecule has 0 radical (unpaired) electrons. The second-order valence-corrected chi connectivity index (χ2v) is 14.4. The number of hydrogen-bond acceptors (Lipinski definition) is 6. The molecule has 8 rings (SSSR count). The van der Waals surface area contributed by atoms with Crippen molar-refractivity contribution in [2.45, 2.75) is 83.6 Å². The molecule has 3 aromatic rings. The number of unbranched alkanes of at least 4 members (excludes halogenated alkanes) is 3. The second-order valence-electron chi connectivity index (χ2n) is 14.4. The van der Waals surface area contributed by atoms with Crippen LogP contribution in [0.1, 0.15) is 73.6 Å². The molecular formula is C38H51N10+3. The molecule has 0 bridgehead atoms. The van der Waals surface area contributed by atoms with Crippen LogP contribution in [0.25, 0.3) is 0 Å². The molecule has 1 N–H and O–H groups in total. The fourth-order valence-corrected chi connectivity index (χ4v) is 8.57. The topological polar surface area (TPSA) is 72.2 Å². The number of hydrogen-bond donors (Lipinski definition) is 1. The highest BCUT2D eigenvalue weighted by atomic mass is 15.4. The third kappa shape index (κ3) is 6.34. The highest BCUT2D eigenvalue weighted by Gasteiger charge is 2.31. The smallest absolute Gasteiger partial charge is 0.371 e. The summed E-state index contributed by atoms with van der Waals surface area (Å²) < 4.78 is 6.43. The molecule has 10 nitrogen and oxygen atoms in total. The predicted octanol–water partition coefficient (Wildman–Crippen LogP) is 5.84. The molecule has 250 valence electrons. The van der Waals surface area contributed by atoms with E-state index in [9.17, 15) is 0 Å². The number of anilines is 2. The van der Waals surface area contributed by atoms with Crippen LogP contribution in [0.15, 0.2) is 69.5 Å². The van der Waals surface area contributed by atoms with Gasteiger partial charge in [-0.1, -0.05) is 11.5 Å². The molecule has 0 saturated heterocycles. The standard InChI is InChI=1S/C38H50N10/c1-43-21-23-47(37(43)41-39-33-25-29-11-7-17-45-18-8-12-30(26-33)35(29)45)15-5-3-4-6-16-48-24-22-44(2)38(48)42-40-34-27-31-13-9-19-46-20-10-14-32(28-34)36(31)46/h21-28H,3-20H2,1-2H3/q+2/p+1. The Hall–Kier alpha value is -4.18. The van der Waals surface area contributed by atoms with Crippen LogP contribution >= 0.6 is 0 Å². The Morgan fingerprint density at radius 2 is 1.21 bits per heavy atom. The monoisotopic (exact) mass is 647 g/mol. The summed E-state index contributed by atoms with van der Waals surface area (Å²) in [6.07, 6.45) is 22.7. The van der Waals surface area contributed by atoms with Gasteiger partial charge in [-0.3, -0.25) is 0 Å². The van der Waals surface area contributed by atoms with Crippen LogP contribution < -0.4 is 19.3 Å². The van der Waals surface area contributed by atoms with Gasteiger partial charge in [0.15, 0.2) is 0 Å². The van der Waals surface area contributed by atoms with E-state index in [-0.39, 0.29) is 0 Å². The first kappa shape index (κ1) is 31.1. The zero-order chi connectivity index (χ0) is 32.5. The Morgan fingerprint density at radius 3 is 1.79 bits per heavy atom. The molecule has 0 spiro atoms. The third-order valence-electron chi connectivity index (χ3n) is 10.9. The molecule has 5 aliphatic heterocycles. The summed E-state index contributed by atoms with van der Waals surface area (Å²) >= 11 is 0. The number of quaternary nitrogens is 1. The summed E-state index contributed by atoms with van der Waals surface area (Å²) in [5.41, 5.74) is 10.8. The Bertz CT molecular complexity index is 1730. The molecule has 0 amide bonds. The van der Waals surface area contributed by atoms with Crippen molar-refractivity contribution in [1.82, 2.24) is 4.57 Å². The Balaban J connectivity index is 0.831. The van der Waals surface area contributed by atoms with Crippen molar-refractivity contribution in [2.24, 2.45) is 27.5 Å². The van der Waals surface area contributed by atoms with Gasteiger partial charge in [0.2, 0.25) is 0 Å². The lowest BCUT2D eigenvalue weighted by Crippen LogP contribution is -3.09. The van der Waals surface area contributed by atoms with Crippen molar-refractivity contribution in [3.8, 4) is 0 Å². The SMILES string of the molecule is C[N+]1=C(N=Nc2cc3c4c(c2)CCCN4CCC3)[NH+](CCCCCCn2cc[n+](C)c2N=Nc2cc3c4c(c2)CCCN4CCC3)C=C1. The molecule has 2 aromatic carbocycles. The number of rotatable bonds is 10. The van der Waals surface area contributed by atoms with Gasteiger partial charge in [-0.15, -0.1) is 0 Å². The van der Waals surface area contributed by atoms with Gasteiger partial charge in [0, 0.05) is 42.7 Å². The number of azo groups is 2. The summed E-state index contributed by atoms with van der Waals surface area (Å²) in [6.45, 7) is 6.75. The van der Waals surface area contributed by atoms with Gasteiger partial charge in [0.25, 0.3) is 0 Å². The fraction of sp³-hybridized carbons (Fsp3) is 0.526. The Kier molecular flexibility index (Phi) is 8.91. The van der Waals surface area contributed by atoms with Crippen LogP contribution in [0, 0.1) is 0 Å². The lowest BCUT2D eigenvalue weighted by Gasteiger charge is -2.36. The van der Waals surface area contributed by atoms with Crippen LogP contribution in [0.2, 0.25) is 0 Å². The number of aromatic nitrogens is 2. The van der Waals surface area contributed by atoms with Crippen molar-refractivity contribution in [1.29, 1.82) is 0 Å². The molecule has 1 aromatic heterocycles. The number of nitrogens with zero attached hydrogens (tertiary/aromatic N) is 9. The second kappa shape index (κ2) is 13.7. The maximum atomic E-state index is 4.79. The van der Waals surface area contributed by atoms with Gasteiger partial charge in [0.05, 0.1) is 39.6 Å². The molecular weight excluding hydrogens is 596 g/mol. The fourth-order valence-electron chi connectivity index (χ4n) is 8.57. The Labute approximate surface area is 284 Å². The van der Waals surface area contributed by atoms with Gasteiger partial charge >= 0.3 is 11.9 Å². The van der Waals surface area contributed by atoms with E-state index >= 15 is 0 Å². The van der Waals surface area contributed by atoms with Gasteiger partial charge in [-0.05, 0) is 122 Å². The first-order valence-corrected chi connectivity index (χ1v) is 18.4. The Morgan fingerprint density at radius 1 is 0.667 bits per heavy atom. The van der Waals surface area contributed by atoms with E-state index in [0.29, 0.717) is 0 Å². The zero-order valence-corrected chi connectivity index (χ0v) is 28.9. The van der Waals surface area contributed by atoms with Crippen LogP contribution in [0.4, 0.5) is 28.7 Å². The molecule has 5 aliphatic rings. The normalized spacial score (nSPS) is 20.0. The van der Waals surface area contributed by atoms with E-state index in [4.69, 9.17) is 20.5 Å².